The predicted molar refractivity (Wildman–Crippen MR) is 97.7 cm³/mol. The highest BCUT2D eigenvalue weighted by Gasteiger charge is 2.22. The molecular weight excluding hydrogens is 314 g/mol. The minimum Gasteiger partial charge on any atom is -0.356 e. The Hall–Kier alpha value is -2.50. The zero-order valence-corrected chi connectivity index (χ0v) is 15.1. The van der Waals surface area contributed by atoms with E-state index in [1.165, 1.54) is 6.42 Å². The van der Waals surface area contributed by atoms with Crippen molar-refractivity contribution in [1.82, 2.24) is 19.9 Å². The zero-order chi connectivity index (χ0) is 17.8. The Labute approximate surface area is 148 Å². The highest BCUT2D eigenvalue weighted by molar-refractivity contribution is 5.92. The van der Waals surface area contributed by atoms with Crippen LogP contribution in [0.15, 0.2) is 30.5 Å². The van der Waals surface area contributed by atoms with Crippen molar-refractivity contribution in [2.45, 2.75) is 26.2 Å². The lowest BCUT2D eigenvalue weighted by atomic mass is 9.93. The van der Waals surface area contributed by atoms with Crippen LogP contribution in [0.25, 0.3) is 0 Å². The van der Waals surface area contributed by atoms with E-state index in [4.69, 9.17) is 0 Å². The van der Waals surface area contributed by atoms with E-state index < -0.39 is 0 Å². The van der Waals surface area contributed by atoms with Crippen molar-refractivity contribution in [2.75, 3.05) is 32.1 Å². The quantitative estimate of drug-likeness (QED) is 0.855. The standard InChI is InChI=1S/C19H25N5O/c1-14-21-16(12-17(22-14)19(25)23(2)3)11-15-7-6-10-24(13-15)18-8-4-5-9-20-18/h4-5,8-9,12,15H,6-7,10-11,13H2,1-3H3. The monoisotopic (exact) mass is 339 g/mol. The van der Waals surface area contributed by atoms with E-state index in [-0.39, 0.29) is 5.91 Å². The van der Waals surface area contributed by atoms with Crippen LogP contribution < -0.4 is 4.90 Å². The predicted octanol–water partition coefficient (Wildman–Crippen LogP) is 2.34. The molecule has 3 rings (SSSR count). The number of amides is 1. The van der Waals surface area contributed by atoms with Gasteiger partial charge in [0.15, 0.2) is 0 Å². The second-order valence-corrected chi connectivity index (χ2v) is 6.84. The van der Waals surface area contributed by atoms with E-state index in [0.29, 0.717) is 17.4 Å². The molecule has 1 atom stereocenters. The number of hydrogen-bond donors (Lipinski definition) is 0. The third kappa shape index (κ3) is 4.32. The van der Waals surface area contributed by atoms with Crippen LogP contribution in [0.3, 0.4) is 0 Å². The number of aromatic nitrogens is 3. The fourth-order valence-corrected chi connectivity index (χ4v) is 3.35. The van der Waals surface area contributed by atoms with Gasteiger partial charge in [-0.3, -0.25) is 4.79 Å². The fraction of sp³-hybridized carbons (Fsp3) is 0.474. The first-order chi connectivity index (χ1) is 12.0. The van der Waals surface area contributed by atoms with Gasteiger partial charge in [0.25, 0.3) is 5.91 Å². The molecule has 6 nitrogen and oxygen atoms in total. The lowest BCUT2D eigenvalue weighted by Gasteiger charge is -2.33. The smallest absolute Gasteiger partial charge is 0.272 e. The normalized spacial score (nSPS) is 17.4. The van der Waals surface area contributed by atoms with Gasteiger partial charge in [-0.05, 0) is 50.3 Å². The fourth-order valence-electron chi connectivity index (χ4n) is 3.35. The third-order valence-electron chi connectivity index (χ3n) is 4.51. The number of aryl methyl sites for hydroxylation is 1. The van der Waals surface area contributed by atoms with Crippen molar-refractivity contribution in [2.24, 2.45) is 5.92 Å². The Morgan fingerprint density at radius 3 is 2.88 bits per heavy atom. The molecule has 0 N–H and O–H groups in total. The molecule has 0 radical (unpaired) electrons. The number of hydrogen-bond acceptors (Lipinski definition) is 5. The van der Waals surface area contributed by atoms with Crippen LogP contribution in [0.5, 0.6) is 0 Å². The van der Waals surface area contributed by atoms with Crippen LogP contribution >= 0.6 is 0 Å². The molecule has 6 heteroatoms. The summed E-state index contributed by atoms with van der Waals surface area (Å²) < 4.78 is 0. The molecule has 25 heavy (non-hydrogen) atoms. The summed E-state index contributed by atoms with van der Waals surface area (Å²) in [7, 11) is 3.48. The number of pyridine rings is 1. The summed E-state index contributed by atoms with van der Waals surface area (Å²) in [5, 5.41) is 0. The van der Waals surface area contributed by atoms with Gasteiger partial charge in [-0.15, -0.1) is 0 Å². The first kappa shape index (κ1) is 17.3. The molecule has 0 aliphatic carbocycles. The number of piperidine rings is 1. The van der Waals surface area contributed by atoms with Crippen molar-refractivity contribution in [3.63, 3.8) is 0 Å². The van der Waals surface area contributed by atoms with Crippen molar-refractivity contribution in [3.8, 4) is 0 Å². The van der Waals surface area contributed by atoms with E-state index in [2.05, 4.69) is 25.9 Å². The second-order valence-electron chi connectivity index (χ2n) is 6.84. The number of nitrogens with zero attached hydrogens (tertiary/aromatic N) is 5. The zero-order valence-electron chi connectivity index (χ0n) is 15.1. The molecule has 1 saturated heterocycles. The van der Waals surface area contributed by atoms with E-state index in [9.17, 15) is 4.79 Å². The summed E-state index contributed by atoms with van der Waals surface area (Å²) in [5.41, 5.74) is 1.43. The van der Waals surface area contributed by atoms with Gasteiger partial charge in [0, 0.05) is 39.1 Å². The van der Waals surface area contributed by atoms with Gasteiger partial charge >= 0.3 is 0 Å². The second kappa shape index (κ2) is 7.59. The summed E-state index contributed by atoms with van der Waals surface area (Å²) in [6.45, 7) is 3.86. The first-order valence-corrected chi connectivity index (χ1v) is 8.75. The Kier molecular flexibility index (Phi) is 5.26. The summed E-state index contributed by atoms with van der Waals surface area (Å²) >= 11 is 0. The van der Waals surface area contributed by atoms with Crippen LogP contribution in [-0.4, -0.2) is 52.9 Å². The molecule has 2 aromatic heterocycles. The van der Waals surface area contributed by atoms with E-state index >= 15 is 0 Å². The van der Waals surface area contributed by atoms with Crippen molar-refractivity contribution >= 4 is 11.7 Å². The van der Waals surface area contributed by atoms with Crippen LogP contribution in [0, 0.1) is 12.8 Å². The van der Waals surface area contributed by atoms with Gasteiger partial charge in [0.2, 0.25) is 0 Å². The lowest BCUT2D eigenvalue weighted by molar-refractivity contribution is 0.0821. The average molecular weight is 339 g/mol. The molecule has 0 spiro atoms. The first-order valence-electron chi connectivity index (χ1n) is 8.75. The van der Waals surface area contributed by atoms with Gasteiger partial charge in [0.1, 0.15) is 17.3 Å². The van der Waals surface area contributed by atoms with Crippen LogP contribution in [0.4, 0.5) is 5.82 Å². The molecule has 1 aliphatic heterocycles. The molecule has 1 aliphatic rings. The SMILES string of the molecule is Cc1nc(CC2CCCN(c3ccccn3)C2)cc(C(=O)N(C)C)n1. The summed E-state index contributed by atoms with van der Waals surface area (Å²) in [6, 6.07) is 7.87. The third-order valence-corrected chi connectivity index (χ3v) is 4.51. The van der Waals surface area contributed by atoms with Crippen molar-refractivity contribution < 1.29 is 4.79 Å². The van der Waals surface area contributed by atoms with Crippen LogP contribution in [-0.2, 0) is 6.42 Å². The largest absolute Gasteiger partial charge is 0.356 e. The molecule has 2 aromatic rings. The molecule has 132 valence electrons. The Morgan fingerprint density at radius 2 is 2.16 bits per heavy atom. The number of carbonyl (C=O) groups is 1. The minimum absolute atomic E-state index is 0.0782. The van der Waals surface area contributed by atoms with Gasteiger partial charge in [-0.2, -0.15) is 0 Å². The van der Waals surface area contributed by atoms with Gasteiger partial charge in [-0.25, -0.2) is 15.0 Å². The molecule has 1 amide bonds. The topological polar surface area (TPSA) is 62.2 Å². The number of carbonyl (C=O) groups excluding carboxylic acids is 1. The van der Waals surface area contributed by atoms with E-state index in [1.807, 2.05) is 31.3 Å². The molecule has 0 bridgehead atoms. The molecule has 1 unspecified atom stereocenters. The molecule has 0 saturated carbocycles. The summed E-state index contributed by atoms with van der Waals surface area (Å²) in [5.74, 6) is 2.12. The highest BCUT2D eigenvalue weighted by Crippen LogP contribution is 2.24. The summed E-state index contributed by atoms with van der Waals surface area (Å²) in [4.78, 5) is 29.4. The average Bonchev–Trinajstić information content (AvgIpc) is 2.61. The minimum atomic E-state index is -0.0782. The van der Waals surface area contributed by atoms with Gasteiger partial charge < -0.3 is 9.80 Å². The molecule has 0 aromatic carbocycles. The van der Waals surface area contributed by atoms with Crippen LogP contribution in [0.1, 0.15) is 34.8 Å². The summed E-state index contributed by atoms with van der Waals surface area (Å²) in [6.07, 6.45) is 5.02. The van der Waals surface area contributed by atoms with E-state index in [1.54, 1.807) is 19.0 Å². The van der Waals surface area contributed by atoms with Crippen molar-refractivity contribution in [3.05, 3.63) is 47.7 Å². The maximum Gasteiger partial charge on any atom is 0.272 e. The molecular formula is C19H25N5O. The Morgan fingerprint density at radius 1 is 1.32 bits per heavy atom. The Bertz CT molecular complexity index is 732. The van der Waals surface area contributed by atoms with Crippen molar-refractivity contribution in [1.29, 1.82) is 0 Å². The number of anilines is 1. The number of rotatable bonds is 4. The molecule has 3 heterocycles. The lowest BCUT2D eigenvalue weighted by Crippen LogP contribution is -2.36. The maximum atomic E-state index is 12.2. The maximum absolute atomic E-state index is 12.2. The van der Waals surface area contributed by atoms with Gasteiger partial charge in [-0.1, -0.05) is 6.07 Å². The Balaban J connectivity index is 1.72. The highest BCUT2D eigenvalue weighted by atomic mass is 16.2. The molecule has 1 fully saturated rings. The van der Waals surface area contributed by atoms with E-state index in [0.717, 1.165) is 37.4 Å². The van der Waals surface area contributed by atoms with Gasteiger partial charge in [0.05, 0.1) is 0 Å². The van der Waals surface area contributed by atoms with Crippen LogP contribution in [0.2, 0.25) is 0 Å².